The fourth-order valence-corrected chi connectivity index (χ4v) is 3.63. The van der Waals surface area contributed by atoms with Crippen molar-refractivity contribution in [3.8, 4) is 0 Å². The average molecular weight is 332 g/mol. The molecule has 5 heteroatoms. The number of halogens is 1. The van der Waals surface area contributed by atoms with Crippen LogP contribution in [-0.2, 0) is 4.79 Å². The molecule has 122 valence electrons. The number of rotatable bonds is 4. The summed E-state index contributed by atoms with van der Waals surface area (Å²) in [5.74, 6) is 0.225. The third-order valence-corrected chi connectivity index (χ3v) is 4.95. The van der Waals surface area contributed by atoms with Gasteiger partial charge in [0.15, 0.2) is 0 Å². The zero-order valence-corrected chi connectivity index (χ0v) is 14.2. The molecular weight excluding hydrogens is 310 g/mol. The first-order valence-corrected chi connectivity index (χ1v) is 8.37. The van der Waals surface area contributed by atoms with Gasteiger partial charge in [-0.3, -0.25) is 9.80 Å². The number of fused-ring (bicyclic) bond motifs is 1. The molecule has 23 heavy (non-hydrogen) atoms. The lowest BCUT2D eigenvalue weighted by atomic mass is 9.88. The minimum absolute atomic E-state index is 0.0427. The maximum absolute atomic E-state index is 12.8. The van der Waals surface area contributed by atoms with Crippen molar-refractivity contribution in [1.82, 2.24) is 15.8 Å². The van der Waals surface area contributed by atoms with Gasteiger partial charge in [-0.15, -0.1) is 6.58 Å². The second-order valence-corrected chi connectivity index (χ2v) is 6.52. The maximum atomic E-state index is 12.8. The molecule has 0 spiro atoms. The molecule has 0 aliphatic carbocycles. The molecule has 1 amide bonds. The average Bonchev–Trinajstić information content (AvgIpc) is 2.91. The van der Waals surface area contributed by atoms with Crippen LogP contribution in [0.25, 0.3) is 0 Å². The van der Waals surface area contributed by atoms with Gasteiger partial charge < -0.3 is 5.32 Å². The van der Waals surface area contributed by atoms with Gasteiger partial charge in [-0.05, 0) is 37.5 Å². The number of hydrazine groups is 1. The van der Waals surface area contributed by atoms with Gasteiger partial charge in [-0.2, -0.15) is 0 Å². The third kappa shape index (κ3) is 2.77. The summed E-state index contributed by atoms with van der Waals surface area (Å²) in [6, 6.07) is 8.11. The predicted octanol–water partition coefficient (Wildman–Crippen LogP) is 3.33. The minimum atomic E-state index is -0.0813. The SMILES string of the molecule is C=CCC1=C(C)NC2C(c3ccc(Cl)cc3)C(CC)NN2C1=O. The highest BCUT2D eigenvalue weighted by Gasteiger charge is 2.46. The fourth-order valence-electron chi connectivity index (χ4n) is 3.50. The number of nitrogens with one attached hydrogen (secondary N) is 2. The lowest BCUT2D eigenvalue weighted by molar-refractivity contribution is -0.132. The Bertz CT molecular complexity index is 653. The van der Waals surface area contributed by atoms with Crippen LogP contribution in [0.4, 0.5) is 0 Å². The Kier molecular flexibility index (Phi) is 4.46. The lowest BCUT2D eigenvalue weighted by Crippen LogP contribution is -2.54. The molecule has 3 rings (SSSR count). The zero-order chi connectivity index (χ0) is 16.6. The Labute approximate surface area is 142 Å². The second-order valence-electron chi connectivity index (χ2n) is 6.08. The van der Waals surface area contributed by atoms with Crippen LogP contribution in [0, 0.1) is 0 Å². The quantitative estimate of drug-likeness (QED) is 0.832. The number of benzene rings is 1. The van der Waals surface area contributed by atoms with E-state index in [1.165, 1.54) is 5.56 Å². The molecule has 1 saturated heterocycles. The van der Waals surface area contributed by atoms with Crippen molar-refractivity contribution in [2.45, 2.75) is 44.8 Å². The lowest BCUT2D eigenvalue weighted by Gasteiger charge is -2.35. The Hall–Kier alpha value is -1.78. The molecule has 2 N–H and O–H groups in total. The van der Waals surface area contributed by atoms with Crippen LogP contribution in [0.1, 0.15) is 38.2 Å². The molecule has 1 aromatic carbocycles. The van der Waals surface area contributed by atoms with Crippen molar-refractivity contribution in [2.24, 2.45) is 0 Å². The first kappa shape index (κ1) is 16.1. The maximum Gasteiger partial charge on any atom is 0.267 e. The summed E-state index contributed by atoms with van der Waals surface area (Å²) >= 11 is 6.01. The summed E-state index contributed by atoms with van der Waals surface area (Å²) in [7, 11) is 0. The van der Waals surface area contributed by atoms with Crippen LogP contribution in [-0.4, -0.2) is 23.1 Å². The highest BCUT2D eigenvalue weighted by atomic mass is 35.5. The van der Waals surface area contributed by atoms with Crippen molar-refractivity contribution < 1.29 is 4.79 Å². The predicted molar refractivity (Wildman–Crippen MR) is 92.7 cm³/mol. The second kappa shape index (κ2) is 6.38. The van der Waals surface area contributed by atoms with Gasteiger partial charge in [0.2, 0.25) is 0 Å². The van der Waals surface area contributed by atoms with E-state index in [9.17, 15) is 4.79 Å². The monoisotopic (exact) mass is 331 g/mol. The number of allylic oxidation sites excluding steroid dienone is 2. The first-order chi connectivity index (χ1) is 11.1. The van der Waals surface area contributed by atoms with Crippen LogP contribution >= 0.6 is 11.6 Å². The Morgan fingerprint density at radius 2 is 2.04 bits per heavy atom. The smallest absolute Gasteiger partial charge is 0.267 e. The van der Waals surface area contributed by atoms with Gasteiger partial charge in [0.05, 0.1) is 0 Å². The van der Waals surface area contributed by atoms with E-state index in [-0.39, 0.29) is 24.0 Å². The summed E-state index contributed by atoms with van der Waals surface area (Å²) in [5, 5.41) is 5.99. The van der Waals surface area contributed by atoms with E-state index in [0.717, 1.165) is 22.7 Å². The molecule has 3 atom stereocenters. The molecule has 0 saturated carbocycles. The summed E-state index contributed by atoms with van der Waals surface area (Å²) in [4.78, 5) is 12.8. The van der Waals surface area contributed by atoms with Crippen molar-refractivity contribution in [1.29, 1.82) is 0 Å². The van der Waals surface area contributed by atoms with Crippen molar-refractivity contribution >= 4 is 17.5 Å². The Balaban J connectivity index is 1.97. The minimum Gasteiger partial charge on any atom is -0.367 e. The topological polar surface area (TPSA) is 44.4 Å². The molecule has 4 nitrogen and oxygen atoms in total. The number of hydrogen-bond donors (Lipinski definition) is 2. The fraction of sp³-hybridized carbons (Fsp3) is 0.389. The number of carbonyl (C=O) groups excluding carboxylic acids is 1. The zero-order valence-electron chi connectivity index (χ0n) is 13.5. The molecule has 1 fully saturated rings. The van der Waals surface area contributed by atoms with E-state index in [2.05, 4.69) is 24.2 Å². The molecule has 0 aromatic heterocycles. The first-order valence-electron chi connectivity index (χ1n) is 7.99. The van der Waals surface area contributed by atoms with E-state index in [4.69, 9.17) is 11.6 Å². The normalized spacial score (nSPS) is 27.0. The van der Waals surface area contributed by atoms with Crippen molar-refractivity contribution in [3.05, 3.63) is 58.8 Å². The molecule has 3 unspecified atom stereocenters. The molecule has 2 aliphatic heterocycles. The molecule has 0 radical (unpaired) electrons. The molecule has 2 heterocycles. The summed E-state index contributed by atoms with van der Waals surface area (Å²) in [6.45, 7) is 7.84. The largest absolute Gasteiger partial charge is 0.367 e. The number of hydrogen-bond acceptors (Lipinski definition) is 3. The van der Waals surface area contributed by atoms with Gasteiger partial charge in [0.1, 0.15) is 6.17 Å². The standard InChI is InChI=1S/C18H22ClN3O/c1-4-6-14-11(3)20-17-16(12-7-9-13(19)10-8-12)15(5-2)21-22(17)18(14)23/h4,7-10,15-17,20-21H,1,5-6H2,2-3H3. The van der Waals surface area contributed by atoms with Crippen LogP contribution in [0.2, 0.25) is 5.02 Å². The summed E-state index contributed by atoms with van der Waals surface area (Å²) in [6.07, 6.45) is 3.20. The van der Waals surface area contributed by atoms with E-state index >= 15 is 0 Å². The molecule has 0 bridgehead atoms. The van der Waals surface area contributed by atoms with Crippen LogP contribution in [0.5, 0.6) is 0 Å². The highest BCUT2D eigenvalue weighted by molar-refractivity contribution is 6.30. The van der Waals surface area contributed by atoms with E-state index < -0.39 is 0 Å². The van der Waals surface area contributed by atoms with Crippen LogP contribution in [0.15, 0.2) is 48.2 Å². The van der Waals surface area contributed by atoms with E-state index in [1.807, 2.05) is 31.2 Å². The molecule has 2 aliphatic rings. The number of amides is 1. The van der Waals surface area contributed by atoms with E-state index in [1.54, 1.807) is 11.1 Å². The number of carbonyl (C=O) groups is 1. The highest BCUT2D eigenvalue weighted by Crippen LogP contribution is 2.36. The van der Waals surface area contributed by atoms with Gasteiger partial charge in [0, 0.05) is 28.3 Å². The van der Waals surface area contributed by atoms with Gasteiger partial charge in [-0.1, -0.05) is 36.7 Å². The van der Waals surface area contributed by atoms with Gasteiger partial charge in [0.25, 0.3) is 5.91 Å². The third-order valence-electron chi connectivity index (χ3n) is 4.69. The molecular formula is C18H22ClN3O. The van der Waals surface area contributed by atoms with Gasteiger partial charge >= 0.3 is 0 Å². The van der Waals surface area contributed by atoms with Crippen molar-refractivity contribution in [2.75, 3.05) is 0 Å². The number of nitrogens with zero attached hydrogens (tertiary/aromatic N) is 1. The Morgan fingerprint density at radius 1 is 1.35 bits per heavy atom. The van der Waals surface area contributed by atoms with E-state index in [0.29, 0.717) is 6.42 Å². The van der Waals surface area contributed by atoms with Crippen LogP contribution in [0.3, 0.4) is 0 Å². The summed E-state index contributed by atoms with van der Waals surface area (Å²) < 4.78 is 0. The van der Waals surface area contributed by atoms with Crippen molar-refractivity contribution in [3.63, 3.8) is 0 Å². The van der Waals surface area contributed by atoms with Crippen LogP contribution < -0.4 is 10.7 Å². The summed E-state index contributed by atoms with van der Waals surface area (Å²) in [5.41, 5.74) is 6.28. The Morgan fingerprint density at radius 3 is 2.65 bits per heavy atom. The van der Waals surface area contributed by atoms with Gasteiger partial charge in [-0.25, -0.2) is 5.43 Å². The molecule has 1 aromatic rings.